The Morgan fingerprint density at radius 2 is 2.00 bits per heavy atom. The second-order valence-corrected chi connectivity index (χ2v) is 4.06. The standard InChI is InChI=1S/C11H7BrFN3O/c12-10-2-1-7(13)3-9(10)11(17)16-8-4-14-6-15-5-8/h1-6H,(H,16,17). The number of anilines is 1. The molecule has 4 nitrogen and oxygen atoms in total. The summed E-state index contributed by atoms with van der Waals surface area (Å²) in [5, 5.41) is 2.57. The molecule has 17 heavy (non-hydrogen) atoms. The van der Waals surface area contributed by atoms with E-state index in [2.05, 4.69) is 31.2 Å². The van der Waals surface area contributed by atoms with Gasteiger partial charge >= 0.3 is 0 Å². The van der Waals surface area contributed by atoms with Crippen LogP contribution in [0.2, 0.25) is 0 Å². The third-order valence-electron chi connectivity index (χ3n) is 1.99. The van der Waals surface area contributed by atoms with Gasteiger partial charge in [0.05, 0.1) is 23.6 Å². The summed E-state index contributed by atoms with van der Waals surface area (Å²) in [7, 11) is 0. The van der Waals surface area contributed by atoms with Gasteiger partial charge in [-0.1, -0.05) is 0 Å². The van der Waals surface area contributed by atoms with Gasteiger partial charge in [-0.2, -0.15) is 0 Å². The summed E-state index contributed by atoms with van der Waals surface area (Å²) in [6.07, 6.45) is 4.27. The molecule has 1 aromatic heterocycles. The summed E-state index contributed by atoms with van der Waals surface area (Å²) in [4.78, 5) is 19.3. The lowest BCUT2D eigenvalue weighted by Crippen LogP contribution is -2.13. The third kappa shape index (κ3) is 2.85. The molecule has 2 rings (SSSR count). The van der Waals surface area contributed by atoms with Crippen LogP contribution in [-0.2, 0) is 0 Å². The van der Waals surface area contributed by atoms with Crippen molar-refractivity contribution >= 4 is 27.5 Å². The van der Waals surface area contributed by atoms with Crippen LogP contribution in [0.5, 0.6) is 0 Å². The predicted molar refractivity (Wildman–Crippen MR) is 64.1 cm³/mol. The maximum Gasteiger partial charge on any atom is 0.256 e. The monoisotopic (exact) mass is 295 g/mol. The highest BCUT2D eigenvalue weighted by Gasteiger charge is 2.11. The Morgan fingerprint density at radius 3 is 2.71 bits per heavy atom. The van der Waals surface area contributed by atoms with E-state index < -0.39 is 11.7 Å². The molecule has 6 heteroatoms. The number of carbonyl (C=O) groups excluding carboxylic acids is 1. The fourth-order valence-corrected chi connectivity index (χ4v) is 1.66. The number of benzene rings is 1. The summed E-state index contributed by atoms with van der Waals surface area (Å²) < 4.78 is 13.5. The summed E-state index contributed by atoms with van der Waals surface area (Å²) in [5.41, 5.74) is 0.669. The number of halogens is 2. The first kappa shape index (κ1) is 11.7. The first-order valence-corrected chi connectivity index (χ1v) is 5.47. The van der Waals surface area contributed by atoms with Crippen LogP contribution in [0.1, 0.15) is 10.4 Å². The molecule has 0 fully saturated rings. The minimum Gasteiger partial charge on any atom is -0.319 e. The number of rotatable bonds is 2. The Morgan fingerprint density at radius 1 is 1.29 bits per heavy atom. The summed E-state index contributed by atoms with van der Waals surface area (Å²) >= 11 is 3.19. The topological polar surface area (TPSA) is 54.9 Å². The van der Waals surface area contributed by atoms with Gasteiger partial charge in [0.1, 0.15) is 12.1 Å². The predicted octanol–water partition coefficient (Wildman–Crippen LogP) is 2.63. The van der Waals surface area contributed by atoms with Crippen LogP contribution in [0.4, 0.5) is 10.1 Å². The van der Waals surface area contributed by atoms with Crippen molar-refractivity contribution in [3.05, 3.63) is 52.8 Å². The fourth-order valence-electron chi connectivity index (χ4n) is 1.23. The molecule has 0 bridgehead atoms. The summed E-state index contributed by atoms with van der Waals surface area (Å²) in [5.74, 6) is -0.895. The summed E-state index contributed by atoms with van der Waals surface area (Å²) in [6.45, 7) is 0. The quantitative estimate of drug-likeness (QED) is 0.927. The first-order chi connectivity index (χ1) is 8.16. The van der Waals surface area contributed by atoms with E-state index in [4.69, 9.17) is 0 Å². The zero-order chi connectivity index (χ0) is 12.3. The molecule has 0 saturated carbocycles. The van der Waals surface area contributed by atoms with Gasteiger partial charge in [-0.15, -0.1) is 0 Å². The highest BCUT2D eigenvalue weighted by molar-refractivity contribution is 9.10. The maximum atomic E-state index is 13.0. The molecule has 0 aliphatic rings. The van der Waals surface area contributed by atoms with Gasteiger partial charge in [-0.25, -0.2) is 14.4 Å². The Balaban J connectivity index is 2.23. The van der Waals surface area contributed by atoms with Gasteiger partial charge in [0.2, 0.25) is 0 Å². The Hall–Kier alpha value is -1.82. The number of aromatic nitrogens is 2. The lowest BCUT2D eigenvalue weighted by Gasteiger charge is -2.05. The van der Waals surface area contributed by atoms with Gasteiger partial charge in [0.25, 0.3) is 5.91 Å². The zero-order valence-corrected chi connectivity index (χ0v) is 10.1. The Labute approximate surface area is 105 Å². The molecule has 1 N–H and O–H groups in total. The lowest BCUT2D eigenvalue weighted by atomic mass is 10.2. The molecule has 86 valence electrons. The van der Waals surface area contributed by atoms with Crippen LogP contribution < -0.4 is 5.32 Å². The second-order valence-electron chi connectivity index (χ2n) is 3.21. The van der Waals surface area contributed by atoms with Crippen molar-refractivity contribution in [2.75, 3.05) is 5.32 Å². The van der Waals surface area contributed by atoms with E-state index >= 15 is 0 Å². The molecule has 0 radical (unpaired) electrons. The highest BCUT2D eigenvalue weighted by atomic mass is 79.9. The molecular weight excluding hydrogens is 289 g/mol. The largest absolute Gasteiger partial charge is 0.319 e. The fraction of sp³-hybridized carbons (Fsp3) is 0. The van der Waals surface area contributed by atoms with Crippen molar-refractivity contribution in [1.82, 2.24) is 9.97 Å². The molecule has 0 aliphatic heterocycles. The van der Waals surface area contributed by atoms with Gasteiger partial charge in [-0.05, 0) is 34.1 Å². The average molecular weight is 296 g/mol. The Kier molecular flexibility index (Phi) is 3.43. The van der Waals surface area contributed by atoms with Crippen LogP contribution >= 0.6 is 15.9 Å². The smallest absolute Gasteiger partial charge is 0.256 e. The van der Waals surface area contributed by atoms with E-state index in [0.29, 0.717) is 10.2 Å². The van der Waals surface area contributed by atoms with Crippen molar-refractivity contribution < 1.29 is 9.18 Å². The van der Waals surface area contributed by atoms with Gasteiger partial charge in [-0.3, -0.25) is 4.79 Å². The van der Waals surface area contributed by atoms with E-state index in [1.807, 2.05) is 0 Å². The number of amides is 1. The van der Waals surface area contributed by atoms with E-state index in [1.165, 1.54) is 30.9 Å². The molecule has 2 aromatic rings. The minimum atomic E-state index is -0.470. The molecule has 0 unspecified atom stereocenters. The van der Waals surface area contributed by atoms with E-state index in [1.54, 1.807) is 0 Å². The van der Waals surface area contributed by atoms with Crippen molar-refractivity contribution in [2.45, 2.75) is 0 Å². The number of carbonyl (C=O) groups is 1. The number of hydrogen-bond acceptors (Lipinski definition) is 3. The molecule has 0 atom stereocenters. The number of nitrogens with one attached hydrogen (secondary N) is 1. The molecule has 1 heterocycles. The van der Waals surface area contributed by atoms with E-state index in [9.17, 15) is 9.18 Å². The SMILES string of the molecule is O=C(Nc1cncnc1)c1cc(F)ccc1Br. The van der Waals surface area contributed by atoms with Gasteiger partial charge in [0, 0.05) is 4.47 Å². The van der Waals surface area contributed by atoms with Crippen LogP contribution in [0, 0.1) is 5.82 Å². The first-order valence-electron chi connectivity index (χ1n) is 4.68. The third-order valence-corrected chi connectivity index (χ3v) is 2.68. The Bertz CT molecular complexity index is 548. The molecule has 0 aliphatic carbocycles. The lowest BCUT2D eigenvalue weighted by molar-refractivity contribution is 0.102. The van der Waals surface area contributed by atoms with Crippen LogP contribution in [0.25, 0.3) is 0 Å². The zero-order valence-electron chi connectivity index (χ0n) is 8.52. The number of hydrogen-bond donors (Lipinski definition) is 1. The highest BCUT2D eigenvalue weighted by Crippen LogP contribution is 2.19. The molecule has 1 amide bonds. The van der Waals surface area contributed by atoms with Crippen molar-refractivity contribution in [3.8, 4) is 0 Å². The molecule has 0 spiro atoms. The summed E-state index contributed by atoms with van der Waals surface area (Å²) in [6, 6.07) is 3.90. The molecule has 1 aromatic carbocycles. The number of nitrogens with zero attached hydrogens (tertiary/aromatic N) is 2. The minimum absolute atomic E-state index is 0.217. The maximum absolute atomic E-state index is 13.0. The van der Waals surface area contributed by atoms with Crippen LogP contribution in [0.15, 0.2) is 41.4 Å². The van der Waals surface area contributed by atoms with Crippen LogP contribution in [0.3, 0.4) is 0 Å². The van der Waals surface area contributed by atoms with E-state index in [-0.39, 0.29) is 5.56 Å². The van der Waals surface area contributed by atoms with Crippen molar-refractivity contribution in [3.63, 3.8) is 0 Å². The average Bonchev–Trinajstić information content (AvgIpc) is 2.33. The van der Waals surface area contributed by atoms with E-state index in [0.717, 1.165) is 6.07 Å². The second kappa shape index (κ2) is 5.01. The van der Waals surface area contributed by atoms with Gasteiger partial charge < -0.3 is 5.32 Å². The van der Waals surface area contributed by atoms with Crippen LogP contribution in [-0.4, -0.2) is 15.9 Å². The van der Waals surface area contributed by atoms with Crippen molar-refractivity contribution in [2.24, 2.45) is 0 Å². The van der Waals surface area contributed by atoms with Crippen molar-refractivity contribution in [1.29, 1.82) is 0 Å². The van der Waals surface area contributed by atoms with Gasteiger partial charge in [0.15, 0.2) is 0 Å². The normalized spacial score (nSPS) is 10.0. The molecule has 0 saturated heterocycles. The molecular formula is C11H7BrFN3O.